The molecular formula is C21H20FN5O2. The molecule has 0 N–H and O–H groups in total. The van der Waals surface area contributed by atoms with Crippen LogP contribution in [0.1, 0.15) is 5.56 Å². The van der Waals surface area contributed by atoms with Crippen molar-refractivity contribution in [3.8, 4) is 0 Å². The molecule has 2 saturated heterocycles. The maximum Gasteiger partial charge on any atom is 0.328 e. The predicted octanol–water partition coefficient (Wildman–Crippen LogP) is 2.11. The largest absolute Gasteiger partial charge is 0.328 e. The molecule has 148 valence electrons. The maximum absolute atomic E-state index is 14.1. The molecule has 0 radical (unpaired) electrons. The Bertz CT molecular complexity index is 1010. The van der Waals surface area contributed by atoms with E-state index in [0.29, 0.717) is 24.6 Å². The van der Waals surface area contributed by atoms with Crippen molar-refractivity contribution in [3.63, 3.8) is 0 Å². The number of likely N-dealkylation sites (N-methyl/N-ethyl adjacent to an activating group) is 1. The monoisotopic (exact) mass is 393 g/mol. The third-order valence-corrected chi connectivity index (χ3v) is 5.73. The van der Waals surface area contributed by atoms with Crippen molar-refractivity contribution in [2.45, 2.75) is 18.8 Å². The van der Waals surface area contributed by atoms with Gasteiger partial charge in [0.25, 0.3) is 5.91 Å². The third-order valence-electron chi connectivity index (χ3n) is 5.73. The molecule has 7 nitrogen and oxygen atoms in total. The number of urea groups is 1. The van der Waals surface area contributed by atoms with E-state index in [1.165, 1.54) is 11.0 Å². The second-order valence-electron chi connectivity index (χ2n) is 7.38. The Kier molecular flexibility index (Phi) is 4.01. The van der Waals surface area contributed by atoms with Crippen LogP contribution in [-0.2, 0) is 11.3 Å². The summed E-state index contributed by atoms with van der Waals surface area (Å²) < 4.78 is 14.1. The fraction of sp³-hybridized carbons (Fsp3) is 0.286. The Morgan fingerprint density at radius 3 is 2.52 bits per heavy atom. The third kappa shape index (κ3) is 2.66. The van der Waals surface area contributed by atoms with Crippen molar-refractivity contribution in [3.05, 3.63) is 66.0 Å². The molecule has 8 heteroatoms. The van der Waals surface area contributed by atoms with Gasteiger partial charge in [0.05, 0.1) is 6.54 Å². The van der Waals surface area contributed by atoms with Crippen LogP contribution in [0.5, 0.6) is 0 Å². The average molecular weight is 393 g/mol. The first-order valence-corrected chi connectivity index (χ1v) is 9.55. The summed E-state index contributed by atoms with van der Waals surface area (Å²) in [4.78, 5) is 37.5. The quantitative estimate of drug-likeness (QED) is 0.802. The molecule has 3 amide bonds. The molecule has 0 saturated carbocycles. The summed E-state index contributed by atoms with van der Waals surface area (Å²) in [7, 11) is 1.64. The zero-order valence-corrected chi connectivity index (χ0v) is 15.9. The first-order chi connectivity index (χ1) is 14.1. The fourth-order valence-corrected chi connectivity index (χ4v) is 4.23. The van der Waals surface area contributed by atoms with Crippen molar-refractivity contribution >= 4 is 23.6 Å². The van der Waals surface area contributed by atoms with E-state index in [2.05, 4.69) is 4.90 Å². The van der Waals surface area contributed by atoms with Crippen LogP contribution in [-0.4, -0.2) is 64.9 Å². The van der Waals surface area contributed by atoms with Crippen LogP contribution in [0.3, 0.4) is 0 Å². The SMILES string of the molecule is CN1C(=O)N(Cc2ccccc2F)C(=O)C2C1N=C1N(c3ccccc3)CCN12. The molecule has 5 rings (SSSR count). The van der Waals surface area contributed by atoms with Gasteiger partial charge in [-0.05, 0) is 18.2 Å². The minimum absolute atomic E-state index is 0.0938. The number of amides is 3. The average Bonchev–Trinajstić information content (AvgIpc) is 3.31. The number of para-hydroxylation sites is 1. The molecule has 3 aliphatic rings. The molecule has 29 heavy (non-hydrogen) atoms. The maximum atomic E-state index is 14.1. The number of hydrogen-bond acceptors (Lipinski definition) is 5. The Hall–Kier alpha value is -3.42. The highest BCUT2D eigenvalue weighted by atomic mass is 19.1. The number of rotatable bonds is 3. The summed E-state index contributed by atoms with van der Waals surface area (Å²) in [6.45, 7) is 1.25. The van der Waals surface area contributed by atoms with E-state index in [1.54, 1.807) is 25.2 Å². The van der Waals surface area contributed by atoms with Crippen molar-refractivity contribution < 1.29 is 14.0 Å². The van der Waals surface area contributed by atoms with Crippen molar-refractivity contribution in [1.82, 2.24) is 14.7 Å². The van der Waals surface area contributed by atoms with Gasteiger partial charge in [0.2, 0.25) is 5.96 Å². The Morgan fingerprint density at radius 2 is 1.76 bits per heavy atom. The van der Waals surface area contributed by atoms with Crippen molar-refractivity contribution in [2.75, 3.05) is 25.0 Å². The molecule has 3 aliphatic heterocycles. The molecule has 2 atom stereocenters. The van der Waals surface area contributed by atoms with Crippen LogP contribution in [0.4, 0.5) is 14.9 Å². The van der Waals surface area contributed by atoms with Gasteiger partial charge < -0.3 is 14.7 Å². The molecule has 0 aliphatic carbocycles. The van der Waals surface area contributed by atoms with E-state index in [9.17, 15) is 14.0 Å². The number of hydrogen-bond donors (Lipinski definition) is 0. The van der Waals surface area contributed by atoms with E-state index in [1.807, 2.05) is 35.2 Å². The number of imide groups is 1. The minimum Gasteiger partial charge on any atom is -0.325 e. The number of carbonyl (C=O) groups is 2. The second-order valence-corrected chi connectivity index (χ2v) is 7.38. The van der Waals surface area contributed by atoms with E-state index >= 15 is 0 Å². The van der Waals surface area contributed by atoms with Gasteiger partial charge in [0.1, 0.15) is 5.82 Å². The summed E-state index contributed by atoms with van der Waals surface area (Å²) in [5.41, 5.74) is 1.31. The summed E-state index contributed by atoms with van der Waals surface area (Å²) in [6, 6.07) is 15.0. The highest BCUT2D eigenvalue weighted by Gasteiger charge is 2.54. The first-order valence-electron chi connectivity index (χ1n) is 9.55. The van der Waals surface area contributed by atoms with Crippen LogP contribution in [0.2, 0.25) is 0 Å². The molecular weight excluding hydrogens is 373 g/mol. The molecule has 2 aromatic rings. The van der Waals surface area contributed by atoms with Gasteiger partial charge in [-0.3, -0.25) is 9.69 Å². The topological polar surface area (TPSA) is 59.5 Å². The fourth-order valence-electron chi connectivity index (χ4n) is 4.23. The molecule has 0 bridgehead atoms. The molecule has 0 aromatic heterocycles. The highest BCUT2D eigenvalue weighted by molar-refractivity contribution is 6.07. The first kappa shape index (κ1) is 17.7. The summed E-state index contributed by atoms with van der Waals surface area (Å²) in [6.07, 6.45) is -0.576. The van der Waals surface area contributed by atoms with Gasteiger partial charge in [-0.2, -0.15) is 0 Å². The van der Waals surface area contributed by atoms with Crippen molar-refractivity contribution in [1.29, 1.82) is 0 Å². The smallest absolute Gasteiger partial charge is 0.325 e. The number of aliphatic imine (C=N–C) groups is 1. The van der Waals surface area contributed by atoms with Gasteiger partial charge in [-0.1, -0.05) is 36.4 Å². The van der Waals surface area contributed by atoms with Crippen LogP contribution in [0.25, 0.3) is 0 Å². The Balaban J connectivity index is 1.45. The van der Waals surface area contributed by atoms with Gasteiger partial charge in [0, 0.05) is 31.4 Å². The van der Waals surface area contributed by atoms with Crippen LogP contribution < -0.4 is 4.90 Å². The van der Waals surface area contributed by atoms with E-state index in [0.717, 1.165) is 10.6 Å². The van der Waals surface area contributed by atoms with E-state index in [4.69, 9.17) is 4.99 Å². The van der Waals surface area contributed by atoms with Crippen LogP contribution in [0, 0.1) is 5.82 Å². The zero-order chi connectivity index (χ0) is 20.1. The summed E-state index contributed by atoms with van der Waals surface area (Å²) in [5.74, 6) is -0.0698. The number of anilines is 1. The molecule has 0 spiro atoms. The number of benzene rings is 2. The minimum atomic E-state index is -0.590. The molecule has 2 aromatic carbocycles. The predicted molar refractivity (Wildman–Crippen MR) is 106 cm³/mol. The Morgan fingerprint density at radius 1 is 1.03 bits per heavy atom. The summed E-state index contributed by atoms with van der Waals surface area (Å²) >= 11 is 0. The normalized spacial score (nSPS) is 23.4. The standard InChI is InChI=1S/C21H20FN5O2/c1-24-18-17(19(28)27(21(24)29)13-14-7-5-6-10-16(14)22)26-12-11-25(20(26)23-18)15-8-3-2-4-9-15/h2-10,17-18H,11-13H2,1H3. The van der Waals surface area contributed by atoms with Crippen LogP contribution >= 0.6 is 0 Å². The Labute approximate surface area is 167 Å². The number of guanidine groups is 1. The van der Waals surface area contributed by atoms with Gasteiger partial charge >= 0.3 is 6.03 Å². The lowest BCUT2D eigenvalue weighted by Crippen LogP contribution is -2.64. The van der Waals surface area contributed by atoms with Crippen LogP contribution in [0.15, 0.2) is 59.6 Å². The summed E-state index contributed by atoms with van der Waals surface area (Å²) in [5, 5.41) is 0. The van der Waals surface area contributed by atoms with Crippen molar-refractivity contribution in [2.24, 2.45) is 4.99 Å². The highest BCUT2D eigenvalue weighted by Crippen LogP contribution is 2.33. The molecule has 2 fully saturated rings. The van der Waals surface area contributed by atoms with Gasteiger partial charge in [-0.25, -0.2) is 14.2 Å². The molecule has 3 heterocycles. The second kappa shape index (κ2) is 6.58. The number of halogens is 1. The number of nitrogens with zero attached hydrogens (tertiary/aromatic N) is 5. The zero-order valence-electron chi connectivity index (χ0n) is 15.9. The number of fused-ring (bicyclic) bond motifs is 3. The number of carbonyl (C=O) groups excluding carboxylic acids is 2. The lowest BCUT2D eigenvalue weighted by molar-refractivity contribution is -0.137. The van der Waals surface area contributed by atoms with Gasteiger partial charge in [-0.15, -0.1) is 0 Å². The lowest BCUT2D eigenvalue weighted by Gasteiger charge is -2.40. The van der Waals surface area contributed by atoms with Gasteiger partial charge in [0.15, 0.2) is 12.2 Å². The molecule has 2 unspecified atom stereocenters. The lowest BCUT2D eigenvalue weighted by atomic mass is 10.1. The van der Waals surface area contributed by atoms with E-state index in [-0.39, 0.29) is 12.5 Å². The van der Waals surface area contributed by atoms with E-state index < -0.39 is 24.1 Å².